The molecule has 0 aliphatic heterocycles. The van der Waals surface area contributed by atoms with Gasteiger partial charge in [0.2, 0.25) is 0 Å². The van der Waals surface area contributed by atoms with E-state index in [9.17, 15) is 0 Å². The number of hydrogen-bond acceptors (Lipinski definition) is 3. The van der Waals surface area contributed by atoms with Gasteiger partial charge >= 0.3 is 0 Å². The molecule has 0 aromatic heterocycles. The average Bonchev–Trinajstić information content (AvgIpc) is 2.14. The molecule has 0 bridgehead atoms. The van der Waals surface area contributed by atoms with Gasteiger partial charge in [-0.05, 0) is 33.5 Å². The van der Waals surface area contributed by atoms with E-state index >= 15 is 0 Å². The van der Waals surface area contributed by atoms with Crippen molar-refractivity contribution in [2.45, 2.75) is 25.9 Å². The highest BCUT2D eigenvalue weighted by atomic mass is 15.1. The Hall–Kier alpha value is -0.540. The summed E-state index contributed by atoms with van der Waals surface area (Å²) in [5.41, 5.74) is 1.12. The van der Waals surface area contributed by atoms with Crippen LogP contribution >= 0.6 is 0 Å². The van der Waals surface area contributed by atoms with Crippen LogP contribution in [0.15, 0.2) is 11.8 Å². The van der Waals surface area contributed by atoms with E-state index in [-0.39, 0.29) is 5.66 Å². The summed E-state index contributed by atoms with van der Waals surface area (Å²) in [4.78, 5) is 0. The summed E-state index contributed by atoms with van der Waals surface area (Å²) in [6, 6.07) is 0. The number of rotatable bonds is 5. The first kappa shape index (κ1) is 11.5. The van der Waals surface area contributed by atoms with Crippen molar-refractivity contribution >= 4 is 0 Å². The standard InChI is InChI=1S/C9H21N3/c1-6-8(10-3)7-9(2,11-4)12-5/h7,10-12H,6H2,1-5H3/b8-7+. The van der Waals surface area contributed by atoms with Gasteiger partial charge in [0.25, 0.3) is 0 Å². The number of allylic oxidation sites excluding steroid dienone is 1. The SMILES string of the molecule is CC/C(=C\C(C)(NC)NC)NC. The fourth-order valence-corrected chi connectivity index (χ4v) is 0.969. The van der Waals surface area contributed by atoms with E-state index in [0.717, 1.165) is 6.42 Å². The van der Waals surface area contributed by atoms with Gasteiger partial charge in [0.15, 0.2) is 0 Å². The zero-order valence-corrected chi connectivity index (χ0v) is 8.78. The molecule has 3 nitrogen and oxygen atoms in total. The Kier molecular flexibility index (Phi) is 4.93. The van der Waals surface area contributed by atoms with Crippen LogP contribution in [0.4, 0.5) is 0 Å². The third kappa shape index (κ3) is 3.24. The van der Waals surface area contributed by atoms with Crippen molar-refractivity contribution in [3.05, 3.63) is 11.8 Å². The number of nitrogens with one attached hydrogen (secondary N) is 3. The van der Waals surface area contributed by atoms with Crippen LogP contribution < -0.4 is 16.0 Å². The molecule has 0 atom stereocenters. The van der Waals surface area contributed by atoms with Crippen LogP contribution in [0.1, 0.15) is 20.3 Å². The van der Waals surface area contributed by atoms with Crippen LogP contribution in [0, 0.1) is 0 Å². The Bertz CT molecular complexity index is 142. The van der Waals surface area contributed by atoms with E-state index in [0.29, 0.717) is 0 Å². The topological polar surface area (TPSA) is 36.1 Å². The Morgan fingerprint density at radius 2 is 1.75 bits per heavy atom. The van der Waals surface area contributed by atoms with Crippen LogP contribution in [-0.2, 0) is 0 Å². The largest absolute Gasteiger partial charge is 0.392 e. The van der Waals surface area contributed by atoms with Crippen molar-refractivity contribution in [3.8, 4) is 0 Å². The minimum Gasteiger partial charge on any atom is -0.392 e. The van der Waals surface area contributed by atoms with Crippen molar-refractivity contribution in [2.24, 2.45) is 0 Å². The molecule has 0 rings (SSSR count). The minimum atomic E-state index is -0.117. The second kappa shape index (κ2) is 5.17. The molecule has 3 heteroatoms. The van der Waals surface area contributed by atoms with E-state index < -0.39 is 0 Å². The molecule has 0 radical (unpaired) electrons. The summed E-state index contributed by atoms with van der Waals surface area (Å²) < 4.78 is 0. The molecule has 0 aromatic rings. The molecule has 0 saturated carbocycles. The molecule has 0 fully saturated rings. The molecule has 0 unspecified atom stereocenters. The molecule has 0 spiro atoms. The molecular formula is C9H21N3. The third-order valence-corrected chi connectivity index (χ3v) is 2.20. The van der Waals surface area contributed by atoms with Crippen molar-refractivity contribution in [1.82, 2.24) is 16.0 Å². The predicted octanol–water partition coefficient (Wildman–Crippen LogP) is 0.655. The summed E-state index contributed by atoms with van der Waals surface area (Å²) in [5, 5.41) is 9.56. The maximum absolute atomic E-state index is 3.20. The summed E-state index contributed by atoms with van der Waals surface area (Å²) >= 11 is 0. The zero-order chi connectivity index (χ0) is 9.61. The predicted molar refractivity (Wildman–Crippen MR) is 54.0 cm³/mol. The quantitative estimate of drug-likeness (QED) is 0.532. The second-order valence-corrected chi connectivity index (χ2v) is 2.98. The van der Waals surface area contributed by atoms with Crippen molar-refractivity contribution in [2.75, 3.05) is 21.1 Å². The van der Waals surface area contributed by atoms with Gasteiger partial charge in [-0.3, -0.25) is 10.6 Å². The maximum atomic E-state index is 3.20. The lowest BCUT2D eigenvalue weighted by Crippen LogP contribution is -2.50. The van der Waals surface area contributed by atoms with Crippen molar-refractivity contribution in [3.63, 3.8) is 0 Å². The molecular weight excluding hydrogens is 150 g/mol. The fraction of sp³-hybridized carbons (Fsp3) is 0.778. The van der Waals surface area contributed by atoms with Crippen LogP contribution in [0.5, 0.6) is 0 Å². The van der Waals surface area contributed by atoms with E-state index in [2.05, 4.69) is 35.9 Å². The highest BCUT2D eigenvalue weighted by Gasteiger charge is 2.15. The van der Waals surface area contributed by atoms with Crippen molar-refractivity contribution < 1.29 is 0 Å². The van der Waals surface area contributed by atoms with E-state index in [1.165, 1.54) is 5.70 Å². The van der Waals surface area contributed by atoms with Gasteiger partial charge in [-0.2, -0.15) is 0 Å². The van der Waals surface area contributed by atoms with Gasteiger partial charge < -0.3 is 5.32 Å². The van der Waals surface area contributed by atoms with E-state index in [1.54, 1.807) is 0 Å². The first-order chi connectivity index (χ1) is 5.61. The Morgan fingerprint density at radius 3 is 2.00 bits per heavy atom. The number of likely N-dealkylation sites (N-methyl/N-ethyl adjacent to an activating group) is 2. The molecule has 0 aliphatic rings. The monoisotopic (exact) mass is 171 g/mol. The lowest BCUT2D eigenvalue weighted by Gasteiger charge is -2.26. The van der Waals surface area contributed by atoms with Gasteiger partial charge in [0.1, 0.15) is 0 Å². The Morgan fingerprint density at radius 1 is 1.25 bits per heavy atom. The molecule has 0 saturated heterocycles. The summed E-state index contributed by atoms with van der Waals surface area (Å²) in [6.45, 7) is 4.23. The molecule has 0 amide bonds. The first-order valence-electron chi connectivity index (χ1n) is 4.39. The molecule has 72 valence electrons. The summed E-state index contributed by atoms with van der Waals surface area (Å²) in [7, 11) is 5.83. The van der Waals surface area contributed by atoms with E-state index in [4.69, 9.17) is 0 Å². The fourth-order valence-electron chi connectivity index (χ4n) is 0.969. The van der Waals surface area contributed by atoms with Crippen LogP contribution in [-0.4, -0.2) is 26.8 Å². The van der Waals surface area contributed by atoms with Crippen LogP contribution in [0.2, 0.25) is 0 Å². The maximum Gasteiger partial charge on any atom is 0.0864 e. The van der Waals surface area contributed by atoms with Gasteiger partial charge in [-0.1, -0.05) is 6.92 Å². The Labute approximate surface area is 75.6 Å². The van der Waals surface area contributed by atoms with Gasteiger partial charge in [-0.15, -0.1) is 0 Å². The second-order valence-electron chi connectivity index (χ2n) is 2.98. The van der Waals surface area contributed by atoms with Gasteiger partial charge in [-0.25, -0.2) is 0 Å². The van der Waals surface area contributed by atoms with Gasteiger partial charge in [0.05, 0.1) is 5.66 Å². The highest BCUT2D eigenvalue weighted by Crippen LogP contribution is 2.04. The first-order valence-corrected chi connectivity index (χ1v) is 4.39. The van der Waals surface area contributed by atoms with Crippen molar-refractivity contribution in [1.29, 1.82) is 0 Å². The highest BCUT2D eigenvalue weighted by molar-refractivity contribution is 5.09. The Balaban J connectivity index is 4.42. The number of hydrogen-bond donors (Lipinski definition) is 3. The average molecular weight is 171 g/mol. The lowest BCUT2D eigenvalue weighted by molar-refractivity contribution is 0.408. The lowest BCUT2D eigenvalue weighted by atomic mass is 10.1. The normalized spacial score (nSPS) is 13.2. The zero-order valence-electron chi connectivity index (χ0n) is 8.78. The van der Waals surface area contributed by atoms with Gasteiger partial charge in [0, 0.05) is 12.7 Å². The summed E-state index contributed by atoms with van der Waals surface area (Å²) in [5.74, 6) is 0. The molecule has 0 aliphatic carbocycles. The molecule has 12 heavy (non-hydrogen) atoms. The molecule has 0 aromatic carbocycles. The third-order valence-electron chi connectivity index (χ3n) is 2.20. The van der Waals surface area contributed by atoms with Crippen LogP contribution in [0.3, 0.4) is 0 Å². The minimum absolute atomic E-state index is 0.117. The van der Waals surface area contributed by atoms with E-state index in [1.807, 2.05) is 21.1 Å². The smallest absolute Gasteiger partial charge is 0.0864 e. The molecule has 0 heterocycles. The van der Waals surface area contributed by atoms with Crippen LogP contribution in [0.25, 0.3) is 0 Å². The molecule has 3 N–H and O–H groups in total. The summed E-state index contributed by atoms with van der Waals surface area (Å²) in [6.07, 6.45) is 3.18.